The lowest BCUT2D eigenvalue weighted by molar-refractivity contribution is -0.120. The number of amides is 1. The van der Waals surface area contributed by atoms with Crippen molar-refractivity contribution in [3.63, 3.8) is 0 Å². The van der Waals surface area contributed by atoms with E-state index in [4.69, 9.17) is 16.3 Å². The van der Waals surface area contributed by atoms with Crippen molar-refractivity contribution in [1.82, 2.24) is 5.32 Å². The van der Waals surface area contributed by atoms with Crippen LogP contribution in [0.1, 0.15) is 17.2 Å². The van der Waals surface area contributed by atoms with Crippen LogP contribution < -0.4 is 10.1 Å². The van der Waals surface area contributed by atoms with Crippen LogP contribution in [0.4, 0.5) is 0 Å². The fraction of sp³-hybridized carbons (Fsp3) is 0.235. The van der Waals surface area contributed by atoms with Gasteiger partial charge in [0.2, 0.25) is 5.91 Å². The van der Waals surface area contributed by atoms with E-state index in [1.807, 2.05) is 12.1 Å². The molecule has 5 heteroatoms. The number of hydrogen-bond donors (Lipinski definition) is 2. The van der Waals surface area contributed by atoms with Gasteiger partial charge in [0, 0.05) is 11.6 Å². The molecule has 0 spiro atoms. The highest BCUT2D eigenvalue weighted by Crippen LogP contribution is 2.17. The summed E-state index contributed by atoms with van der Waals surface area (Å²) in [7, 11) is 1.59. The first-order chi connectivity index (χ1) is 10.6. The number of hydrogen-bond acceptors (Lipinski definition) is 3. The Bertz CT molecular complexity index is 611. The molecule has 0 aliphatic rings. The molecule has 0 fully saturated rings. The maximum absolute atomic E-state index is 11.9. The van der Waals surface area contributed by atoms with Crippen LogP contribution in [-0.4, -0.2) is 24.7 Å². The van der Waals surface area contributed by atoms with Crippen molar-refractivity contribution in [3.8, 4) is 5.75 Å². The number of carbonyl (C=O) groups excluding carboxylic acids is 1. The Morgan fingerprint density at radius 2 is 1.82 bits per heavy atom. The van der Waals surface area contributed by atoms with Crippen molar-refractivity contribution in [3.05, 3.63) is 64.7 Å². The SMILES string of the molecule is COc1ccc(C(O)CNC(=O)Cc2ccc(Cl)cc2)cc1. The summed E-state index contributed by atoms with van der Waals surface area (Å²) in [5.41, 5.74) is 1.61. The average Bonchev–Trinajstić information content (AvgIpc) is 2.55. The number of aliphatic hydroxyl groups is 1. The molecule has 0 aliphatic carbocycles. The molecule has 1 atom stereocenters. The molecule has 22 heavy (non-hydrogen) atoms. The molecular weight excluding hydrogens is 302 g/mol. The first-order valence-corrected chi connectivity index (χ1v) is 7.29. The number of ether oxygens (including phenoxy) is 1. The predicted molar refractivity (Wildman–Crippen MR) is 86.1 cm³/mol. The first kappa shape index (κ1) is 16.3. The molecule has 0 aliphatic heterocycles. The van der Waals surface area contributed by atoms with Gasteiger partial charge < -0.3 is 15.2 Å². The van der Waals surface area contributed by atoms with Crippen LogP contribution in [0, 0.1) is 0 Å². The van der Waals surface area contributed by atoms with Gasteiger partial charge in [-0.1, -0.05) is 35.9 Å². The van der Waals surface area contributed by atoms with Gasteiger partial charge in [0.05, 0.1) is 19.6 Å². The Balaban J connectivity index is 1.83. The van der Waals surface area contributed by atoms with Crippen molar-refractivity contribution >= 4 is 17.5 Å². The third-order valence-corrected chi connectivity index (χ3v) is 3.52. The van der Waals surface area contributed by atoms with E-state index in [9.17, 15) is 9.90 Å². The second-order valence-electron chi connectivity index (χ2n) is 4.90. The van der Waals surface area contributed by atoms with E-state index in [1.54, 1.807) is 43.5 Å². The quantitative estimate of drug-likeness (QED) is 0.860. The highest BCUT2D eigenvalue weighted by Gasteiger charge is 2.10. The summed E-state index contributed by atoms with van der Waals surface area (Å²) in [5, 5.41) is 13.4. The topological polar surface area (TPSA) is 58.6 Å². The van der Waals surface area contributed by atoms with Gasteiger partial charge in [0.25, 0.3) is 0 Å². The molecule has 1 amide bonds. The normalized spacial score (nSPS) is 11.8. The molecule has 2 aromatic rings. The Kier molecular flexibility index (Phi) is 5.81. The fourth-order valence-electron chi connectivity index (χ4n) is 2.00. The smallest absolute Gasteiger partial charge is 0.224 e. The van der Waals surface area contributed by atoms with E-state index >= 15 is 0 Å². The van der Waals surface area contributed by atoms with Crippen LogP contribution in [0.3, 0.4) is 0 Å². The largest absolute Gasteiger partial charge is 0.497 e. The predicted octanol–water partition coefficient (Wildman–Crippen LogP) is 2.74. The van der Waals surface area contributed by atoms with Crippen LogP contribution in [-0.2, 0) is 11.2 Å². The summed E-state index contributed by atoms with van der Waals surface area (Å²) in [6.07, 6.45) is -0.493. The Morgan fingerprint density at radius 1 is 1.18 bits per heavy atom. The minimum absolute atomic E-state index is 0.144. The van der Waals surface area contributed by atoms with E-state index in [2.05, 4.69) is 5.32 Å². The molecule has 2 aromatic carbocycles. The molecule has 2 rings (SSSR count). The van der Waals surface area contributed by atoms with Crippen LogP contribution in [0.2, 0.25) is 5.02 Å². The lowest BCUT2D eigenvalue weighted by Gasteiger charge is -2.13. The van der Waals surface area contributed by atoms with Gasteiger partial charge in [-0.15, -0.1) is 0 Å². The number of rotatable bonds is 6. The number of carbonyl (C=O) groups is 1. The van der Waals surface area contributed by atoms with Crippen molar-refractivity contribution in [2.75, 3.05) is 13.7 Å². The number of methoxy groups -OCH3 is 1. The zero-order valence-corrected chi connectivity index (χ0v) is 13.0. The van der Waals surface area contributed by atoms with E-state index in [0.29, 0.717) is 5.02 Å². The van der Waals surface area contributed by atoms with E-state index < -0.39 is 6.10 Å². The molecular formula is C17H18ClNO3. The molecule has 4 nitrogen and oxygen atoms in total. The monoisotopic (exact) mass is 319 g/mol. The van der Waals surface area contributed by atoms with Gasteiger partial charge in [-0.3, -0.25) is 4.79 Å². The third-order valence-electron chi connectivity index (χ3n) is 3.27. The summed E-state index contributed by atoms with van der Waals surface area (Å²) in [6, 6.07) is 14.2. The summed E-state index contributed by atoms with van der Waals surface area (Å²) >= 11 is 5.80. The summed E-state index contributed by atoms with van der Waals surface area (Å²) in [4.78, 5) is 11.9. The second-order valence-corrected chi connectivity index (χ2v) is 5.33. The van der Waals surface area contributed by atoms with Crippen LogP contribution >= 0.6 is 11.6 Å². The second kappa shape index (κ2) is 7.82. The molecule has 0 aromatic heterocycles. The molecule has 2 N–H and O–H groups in total. The van der Waals surface area contributed by atoms with Crippen molar-refractivity contribution in [1.29, 1.82) is 0 Å². The number of benzene rings is 2. The lowest BCUT2D eigenvalue weighted by Crippen LogP contribution is -2.29. The molecule has 0 radical (unpaired) electrons. The maximum atomic E-state index is 11.9. The van der Waals surface area contributed by atoms with Crippen molar-refractivity contribution < 1.29 is 14.6 Å². The van der Waals surface area contributed by atoms with Gasteiger partial charge in [0.15, 0.2) is 0 Å². The van der Waals surface area contributed by atoms with Gasteiger partial charge in [0.1, 0.15) is 5.75 Å². The average molecular weight is 320 g/mol. The summed E-state index contributed by atoms with van der Waals surface area (Å²) < 4.78 is 5.06. The highest BCUT2D eigenvalue weighted by atomic mass is 35.5. The lowest BCUT2D eigenvalue weighted by atomic mass is 10.1. The first-order valence-electron chi connectivity index (χ1n) is 6.91. The minimum atomic E-state index is -0.750. The maximum Gasteiger partial charge on any atom is 0.224 e. The van der Waals surface area contributed by atoms with Crippen molar-refractivity contribution in [2.45, 2.75) is 12.5 Å². The van der Waals surface area contributed by atoms with E-state index in [1.165, 1.54) is 0 Å². The zero-order chi connectivity index (χ0) is 15.9. The molecule has 0 saturated carbocycles. The fourth-order valence-corrected chi connectivity index (χ4v) is 2.13. The number of halogens is 1. The zero-order valence-electron chi connectivity index (χ0n) is 12.3. The third kappa shape index (κ3) is 4.76. The van der Waals surface area contributed by atoms with Gasteiger partial charge in [-0.05, 0) is 35.4 Å². The molecule has 0 saturated heterocycles. The summed E-state index contributed by atoms with van der Waals surface area (Å²) in [5.74, 6) is 0.581. The Labute approximate surface area is 134 Å². The van der Waals surface area contributed by atoms with Gasteiger partial charge >= 0.3 is 0 Å². The number of aliphatic hydroxyl groups excluding tert-OH is 1. The van der Waals surface area contributed by atoms with E-state index in [-0.39, 0.29) is 18.9 Å². The van der Waals surface area contributed by atoms with E-state index in [0.717, 1.165) is 16.9 Å². The number of nitrogens with one attached hydrogen (secondary N) is 1. The van der Waals surface area contributed by atoms with Crippen LogP contribution in [0.25, 0.3) is 0 Å². The van der Waals surface area contributed by atoms with Gasteiger partial charge in [-0.2, -0.15) is 0 Å². The standard InChI is InChI=1S/C17H18ClNO3/c1-22-15-8-4-13(5-9-15)16(20)11-19-17(21)10-12-2-6-14(18)7-3-12/h2-9,16,20H,10-11H2,1H3,(H,19,21). The molecule has 116 valence electrons. The molecule has 0 heterocycles. The molecule has 0 bridgehead atoms. The molecule has 1 unspecified atom stereocenters. The highest BCUT2D eigenvalue weighted by molar-refractivity contribution is 6.30. The Morgan fingerprint density at radius 3 is 2.41 bits per heavy atom. The minimum Gasteiger partial charge on any atom is -0.497 e. The van der Waals surface area contributed by atoms with Crippen LogP contribution in [0.5, 0.6) is 5.75 Å². The van der Waals surface area contributed by atoms with Gasteiger partial charge in [-0.25, -0.2) is 0 Å². The summed E-state index contributed by atoms with van der Waals surface area (Å²) in [6.45, 7) is 0.165. The van der Waals surface area contributed by atoms with Crippen LogP contribution in [0.15, 0.2) is 48.5 Å². The van der Waals surface area contributed by atoms with Crippen molar-refractivity contribution in [2.24, 2.45) is 0 Å². The Hall–Kier alpha value is -2.04.